The van der Waals surface area contributed by atoms with E-state index in [1.54, 1.807) is 0 Å². The molecule has 0 bridgehead atoms. The fraction of sp³-hybridized carbons (Fsp3) is 0.500. The highest BCUT2D eigenvalue weighted by Gasteiger charge is 2.51. The minimum atomic E-state index is -0.708. The lowest BCUT2D eigenvalue weighted by Crippen LogP contribution is -2.49. The van der Waals surface area contributed by atoms with Gasteiger partial charge in [0.2, 0.25) is 0 Å². The van der Waals surface area contributed by atoms with Crippen molar-refractivity contribution in [2.45, 2.75) is 32.1 Å². The zero-order valence-corrected chi connectivity index (χ0v) is 10.3. The predicted octanol–water partition coefficient (Wildman–Crippen LogP) is 2.84. The molecule has 17 heavy (non-hydrogen) atoms. The van der Waals surface area contributed by atoms with Crippen molar-refractivity contribution in [1.82, 2.24) is 0 Å². The second kappa shape index (κ2) is 4.40. The van der Waals surface area contributed by atoms with Crippen LogP contribution in [0.15, 0.2) is 24.3 Å². The number of ether oxygens (including phenoxy) is 1. The van der Waals surface area contributed by atoms with Gasteiger partial charge in [-0.25, -0.2) is 0 Å². The van der Waals surface area contributed by atoms with Gasteiger partial charge in [-0.3, -0.25) is 4.79 Å². The van der Waals surface area contributed by atoms with E-state index in [0.29, 0.717) is 6.61 Å². The molecule has 2 rings (SSSR count). The van der Waals surface area contributed by atoms with Gasteiger partial charge in [-0.1, -0.05) is 19.1 Å². The highest BCUT2D eigenvalue weighted by atomic mass is 16.5. The van der Waals surface area contributed by atoms with E-state index in [9.17, 15) is 9.90 Å². The van der Waals surface area contributed by atoms with E-state index in [-0.39, 0.29) is 5.92 Å². The molecule has 1 fully saturated rings. The van der Waals surface area contributed by atoms with Crippen LogP contribution in [-0.2, 0) is 10.2 Å². The Morgan fingerprint density at radius 3 is 2.47 bits per heavy atom. The zero-order chi connectivity index (χ0) is 12.5. The molecule has 1 aliphatic carbocycles. The number of carboxylic acids is 1. The number of hydrogen-bond donors (Lipinski definition) is 1. The first-order valence-electron chi connectivity index (χ1n) is 6.08. The maximum Gasteiger partial charge on any atom is 0.314 e. The highest BCUT2D eigenvalue weighted by molar-refractivity contribution is 5.83. The van der Waals surface area contributed by atoms with Gasteiger partial charge in [0, 0.05) is 0 Å². The van der Waals surface area contributed by atoms with Gasteiger partial charge in [0.1, 0.15) is 5.75 Å². The number of aliphatic carboxylic acids is 1. The monoisotopic (exact) mass is 234 g/mol. The highest BCUT2D eigenvalue weighted by Crippen LogP contribution is 2.49. The molecule has 1 aromatic rings. The van der Waals surface area contributed by atoms with Crippen LogP contribution < -0.4 is 4.74 Å². The van der Waals surface area contributed by atoms with E-state index in [1.165, 1.54) is 0 Å². The van der Waals surface area contributed by atoms with Crippen LogP contribution in [0.5, 0.6) is 5.75 Å². The quantitative estimate of drug-likeness (QED) is 0.871. The summed E-state index contributed by atoms with van der Waals surface area (Å²) in [6, 6.07) is 7.48. The van der Waals surface area contributed by atoms with Crippen LogP contribution in [0.4, 0.5) is 0 Å². The Kier molecular flexibility index (Phi) is 3.09. The fourth-order valence-corrected chi connectivity index (χ4v) is 2.61. The standard InChI is InChI=1S/C14H18O3/c1-3-17-12-6-4-11(5-7-12)14(13(15)16)9-8-10(14)2/h4-7,10H,3,8-9H2,1-2H3,(H,15,16). The van der Waals surface area contributed by atoms with E-state index in [1.807, 2.05) is 38.1 Å². The summed E-state index contributed by atoms with van der Waals surface area (Å²) in [5.41, 5.74) is 0.220. The largest absolute Gasteiger partial charge is 0.494 e. The van der Waals surface area contributed by atoms with Gasteiger partial charge in [-0.15, -0.1) is 0 Å². The van der Waals surface area contributed by atoms with Crippen LogP contribution in [-0.4, -0.2) is 17.7 Å². The SMILES string of the molecule is CCOc1ccc(C2(C(=O)O)CCC2C)cc1. The maximum atomic E-state index is 11.5. The summed E-state index contributed by atoms with van der Waals surface area (Å²) in [6.07, 6.45) is 1.72. The lowest BCUT2D eigenvalue weighted by molar-refractivity contribution is -0.151. The van der Waals surface area contributed by atoms with Crippen LogP contribution in [0, 0.1) is 5.92 Å². The lowest BCUT2D eigenvalue weighted by Gasteiger charge is -2.44. The molecule has 0 radical (unpaired) electrons. The Hall–Kier alpha value is -1.51. The smallest absolute Gasteiger partial charge is 0.314 e. The second-order valence-electron chi connectivity index (χ2n) is 4.67. The van der Waals surface area contributed by atoms with Gasteiger partial charge < -0.3 is 9.84 Å². The van der Waals surface area contributed by atoms with Crippen molar-refractivity contribution >= 4 is 5.97 Å². The average Bonchev–Trinajstić information content (AvgIpc) is 2.30. The Morgan fingerprint density at radius 1 is 1.47 bits per heavy atom. The van der Waals surface area contributed by atoms with Gasteiger partial charge in [-0.2, -0.15) is 0 Å². The van der Waals surface area contributed by atoms with Gasteiger partial charge in [-0.05, 0) is 43.4 Å². The van der Waals surface area contributed by atoms with E-state index >= 15 is 0 Å². The molecule has 0 aliphatic heterocycles. The minimum Gasteiger partial charge on any atom is -0.494 e. The second-order valence-corrected chi connectivity index (χ2v) is 4.67. The first-order valence-corrected chi connectivity index (χ1v) is 6.08. The third-order valence-electron chi connectivity index (χ3n) is 3.88. The average molecular weight is 234 g/mol. The maximum absolute atomic E-state index is 11.5. The summed E-state index contributed by atoms with van der Waals surface area (Å²) in [7, 11) is 0. The molecule has 1 aromatic carbocycles. The summed E-state index contributed by atoms with van der Waals surface area (Å²) >= 11 is 0. The lowest BCUT2D eigenvalue weighted by atomic mass is 9.57. The first-order chi connectivity index (χ1) is 8.11. The Bertz CT molecular complexity index is 410. The molecule has 3 nitrogen and oxygen atoms in total. The molecule has 0 heterocycles. The first kappa shape index (κ1) is 12.0. The van der Waals surface area contributed by atoms with E-state index < -0.39 is 11.4 Å². The Morgan fingerprint density at radius 2 is 2.12 bits per heavy atom. The third kappa shape index (κ3) is 1.79. The zero-order valence-electron chi connectivity index (χ0n) is 10.3. The van der Waals surface area contributed by atoms with Gasteiger partial charge in [0.05, 0.1) is 12.0 Å². The summed E-state index contributed by atoms with van der Waals surface area (Å²) in [4.78, 5) is 11.5. The summed E-state index contributed by atoms with van der Waals surface area (Å²) in [5, 5.41) is 9.45. The van der Waals surface area contributed by atoms with Crippen LogP contribution >= 0.6 is 0 Å². The Balaban J connectivity index is 2.29. The molecule has 0 saturated heterocycles. The number of rotatable bonds is 4. The number of benzene rings is 1. The Labute approximate surface area is 101 Å². The molecular weight excluding hydrogens is 216 g/mol. The van der Waals surface area contributed by atoms with Crippen LogP contribution in [0.25, 0.3) is 0 Å². The van der Waals surface area contributed by atoms with Crippen molar-refractivity contribution in [3.63, 3.8) is 0 Å². The molecule has 0 spiro atoms. The van der Waals surface area contributed by atoms with Crippen molar-refractivity contribution in [2.75, 3.05) is 6.61 Å². The number of carbonyl (C=O) groups is 1. The predicted molar refractivity (Wildman–Crippen MR) is 65.3 cm³/mol. The van der Waals surface area contributed by atoms with Gasteiger partial charge in [0.15, 0.2) is 0 Å². The molecule has 2 atom stereocenters. The summed E-state index contributed by atoms with van der Waals surface area (Å²) < 4.78 is 5.37. The molecule has 1 saturated carbocycles. The van der Waals surface area contributed by atoms with Gasteiger partial charge in [0.25, 0.3) is 0 Å². The van der Waals surface area contributed by atoms with Crippen molar-refractivity contribution in [3.8, 4) is 5.75 Å². The minimum absolute atomic E-state index is 0.206. The van der Waals surface area contributed by atoms with Crippen LogP contribution in [0.2, 0.25) is 0 Å². The van der Waals surface area contributed by atoms with E-state index in [2.05, 4.69) is 0 Å². The van der Waals surface area contributed by atoms with Gasteiger partial charge >= 0.3 is 5.97 Å². The number of hydrogen-bond acceptors (Lipinski definition) is 2. The molecule has 1 N–H and O–H groups in total. The molecule has 0 amide bonds. The molecule has 0 aromatic heterocycles. The molecule has 1 aliphatic rings. The molecular formula is C14H18O3. The van der Waals surface area contributed by atoms with Crippen molar-refractivity contribution in [2.24, 2.45) is 5.92 Å². The molecule has 92 valence electrons. The molecule has 3 heteroatoms. The van der Waals surface area contributed by atoms with Crippen molar-refractivity contribution in [3.05, 3.63) is 29.8 Å². The summed E-state index contributed by atoms with van der Waals surface area (Å²) in [6.45, 7) is 4.56. The fourth-order valence-electron chi connectivity index (χ4n) is 2.61. The number of carboxylic acid groups (broad SMARTS) is 1. The van der Waals surface area contributed by atoms with E-state index in [4.69, 9.17) is 4.74 Å². The van der Waals surface area contributed by atoms with Crippen molar-refractivity contribution < 1.29 is 14.6 Å². The van der Waals surface area contributed by atoms with E-state index in [0.717, 1.165) is 24.2 Å². The molecule has 2 unspecified atom stereocenters. The topological polar surface area (TPSA) is 46.5 Å². The normalized spacial score (nSPS) is 27.3. The van der Waals surface area contributed by atoms with Crippen molar-refractivity contribution in [1.29, 1.82) is 0 Å². The third-order valence-corrected chi connectivity index (χ3v) is 3.88. The summed E-state index contributed by atoms with van der Waals surface area (Å²) in [5.74, 6) is 0.294. The van der Waals surface area contributed by atoms with Crippen LogP contribution in [0.3, 0.4) is 0 Å². The van der Waals surface area contributed by atoms with Crippen LogP contribution in [0.1, 0.15) is 32.3 Å².